The van der Waals surface area contributed by atoms with Crippen molar-refractivity contribution in [3.63, 3.8) is 0 Å². The molecule has 2 N–H and O–H groups in total. The van der Waals surface area contributed by atoms with E-state index in [1.807, 2.05) is 24.3 Å². The van der Waals surface area contributed by atoms with E-state index in [-0.39, 0.29) is 11.8 Å². The van der Waals surface area contributed by atoms with E-state index in [1.165, 1.54) is 7.11 Å². The van der Waals surface area contributed by atoms with Crippen LogP contribution >= 0.6 is 15.9 Å². The first-order valence-corrected chi connectivity index (χ1v) is 9.98. The summed E-state index contributed by atoms with van der Waals surface area (Å²) in [6.45, 7) is 0. The van der Waals surface area contributed by atoms with Crippen LogP contribution in [0.3, 0.4) is 0 Å². The molecule has 0 saturated carbocycles. The van der Waals surface area contributed by atoms with Crippen LogP contribution in [0.1, 0.15) is 23.2 Å². The molecule has 3 rings (SSSR count). The SMILES string of the molecule is COC(=O)c1cccc(NC(=O)C2CC=CCC2C(=O)Nc2ccc(Br)cc2)c1. The Hall–Kier alpha value is -2.93. The fraction of sp³-hybridized carbons (Fsp3) is 0.227. The van der Waals surface area contributed by atoms with Crippen LogP contribution < -0.4 is 10.6 Å². The van der Waals surface area contributed by atoms with E-state index in [0.717, 1.165) is 4.47 Å². The molecule has 1 aliphatic rings. The summed E-state index contributed by atoms with van der Waals surface area (Å²) in [7, 11) is 1.30. The summed E-state index contributed by atoms with van der Waals surface area (Å²) in [4.78, 5) is 37.4. The number of halogens is 1. The van der Waals surface area contributed by atoms with Crippen LogP contribution in [-0.2, 0) is 14.3 Å². The molecule has 2 unspecified atom stereocenters. The van der Waals surface area contributed by atoms with Crippen LogP contribution in [0.25, 0.3) is 0 Å². The molecular weight excluding hydrogens is 436 g/mol. The Morgan fingerprint density at radius 2 is 1.48 bits per heavy atom. The number of carbonyl (C=O) groups is 3. The van der Waals surface area contributed by atoms with E-state index in [4.69, 9.17) is 4.74 Å². The lowest BCUT2D eigenvalue weighted by molar-refractivity contribution is -0.129. The molecule has 0 radical (unpaired) electrons. The summed E-state index contributed by atoms with van der Waals surface area (Å²) in [6.07, 6.45) is 4.80. The Bertz CT molecular complexity index is 940. The smallest absolute Gasteiger partial charge is 0.337 e. The molecule has 7 heteroatoms. The van der Waals surface area contributed by atoms with Gasteiger partial charge in [0.05, 0.1) is 24.5 Å². The maximum Gasteiger partial charge on any atom is 0.337 e. The van der Waals surface area contributed by atoms with Gasteiger partial charge in [-0.25, -0.2) is 4.79 Å². The number of hydrogen-bond acceptors (Lipinski definition) is 4. The van der Waals surface area contributed by atoms with Gasteiger partial charge in [-0.15, -0.1) is 0 Å². The fourth-order valence-corrected chi connectivity index (χ4v) is 3.50. The van der Waals surface area contributed by atoms with E-state index in [1.54, 1.807) is 36.4 Å². The Morgan fingerprint density at radius 3 is 2.07 bits per heavy atom. The quantitative estimate of drug-likeness (QED) is 0.515. The molecule has 150 valence electrons. The molecule has 6 nitrogen and oxygen atoms in total. The largest absolute Gasteiger partial charge is 0.465 e. The number of hydrogen-bond donors (Lipinski definition) is 2. The summed E-state index contributed by atoms with van der Waals surface area (Å²) in [5.74, 6) is -1.91. The van der Waals surface area contributed by atoms with Gasteiger partial charge in [-0.1, -0.05) is 34.1 Å². The Morgan fingerprint density at radius 1 is 0.897 bits per heavy atom. The summed E-state index contributed by atoms with van der Waals surface area (Å²) >= 11 is 3.36. The molecule has 2 amide bonds. The number of amides is 2. The van der Waals surface area contributed by atoms with Crippen molar-refractivity contribution >= 4 is 45.1 Å². The van der Waals surface area contributed by atoms with Crippen LogP contribution in [0.5, 0.6) is 0 Å². The maximum atomic E-state index is 12.9. The topological polar surface area (TPSA) is 84.5 Å². The third-order valence-electron chi connectivity index (χ3n) is 4.77. The molecule has 0 fully saturated rings. The highest BCUT2D eigenvalue weighted by molar-refractivity contribution is 9.10. The van der Waals surface area contributed by atoms with Crippen LogP contribution in [0.4, 0.5) is 11.4 Å². The highest BCUT2D eigenvalue weighted by Gasteiger charge is 2.34. The average molecular weight is 457 g/mol. The number of benzene rings is 2. The molecule has 1 aliphatic carbocycles. The van der Waals surface area contributed by atoms with Gasteiger partial charge in [0.25, 0.3) is 0 Å². The van der Waals surface area contributed by atoms with Gasteiger partial charge in [0, 0.05) is 15.8 Å². The van der Waals surface area contributed by atoms with Crippen LogP contribution in [-0.4, -0.2) is 24.9 Å². The molecule has 0 spiro atoms. The second kappa shape index (κ2) is 9.52. The first-order valence-electron chi connectivity index (χ1n) is 9.18. The van der Waals surface area contributed by atoms with Gasteiger partial charge in [-0.2, -0.15) is 0 Å². The molecule has 0 bridgehead atoms. The fourth-order valence-electron chi connectivity index (χ4n) is 3.24. The van der Waals surface area contributed by atoms with E-state index in [2.05, 4.69) is 26.6 Å². The molecule has 0 aromatic heterocycles. The van der Waals surface area contributed by atoms with E-state index >= 15 is 0 Å². The summed E-state index contributed by atoms with van der Waals surface area (Å²) in [5, 5.41) is 5.70. The Labute approximate surface area is 177 Å². The minimum atomic E-state index is -0.503. The van der Waals surface area contributed by atoms with E-state index in [9.17, 15) is 14.4 Å². The standard InChI is InChI=1S/C22H21BrN2O4/c1-29-22(28)14-5-4-6-17(13-14)25-21(27)19-8-3-2-7-18(19)20(26)24-16-11-9-15(23)10-12-16/h2-6,9-13,18-19H,7-8H2,1H3,(H,24,26)(H,25,27). The van der Waals surface area contributed by atoms with Crippen molar-refractivity contribution in [3.05, 3.63) is 70.7 Å². The highest BCUT2D eigenvalue weighted by Crippen LogP contribution is 2.29. The second-order valence-corrected chi connectivity index (χ2v) is 7.63. The van der Waals surface area contributed by atoms with Crippen LogP contribution in [0.2, 0.25) is 0 Å². The molecule has 2 atom stereocenters. The van der Waals surface area contributed by atoms with Gasteiger partial charge in [-0.05, 0) is 55.3 Å². The normalized spacial score (nSPS) is 18.0. The van der Waals surface area contributed by atoms with Crippen molar-refractivity contribution in [2.24, 2.45) is 11.8 Å². The lowest BCUT2D eigenvalue weighted by Gasteiger charge is -2.26. The molecule has 0 saturated heterocycles. The van der Waals surface area contributed by atoms with Crippen molar-refractivity contribution in [2.45, 2.75) is 12.8 Å². The van der Waals surface area contributed by atoms with Crippen molar-refractivity contribution in [1.82, 2.24) is 0 Å². The number of ether oxygens (including phenoxy) is 1. The number of nitrogens with one attached hydrogen (secondary N) is 2. The van der Waals surface area contributed by atoms with Gasteiger partial charge in [0.1, 0.15) is 0 Å². The number of carbonyl (C=O) groups excluding carboxylic acids is 3. The maximum absolute atomic E-state index is 12.9. The van der Waals surface area contributed by atoms with E-state index < -0.39 is 17.8 Å². The van der Waals surface area contributed by atoms with Crippen LogP contribution in [0.15, 0.2) is 65.2 Å². The Balaban J connectivity index is 1.71. The zero-order valence-corrected chi connectivity index (χ0v) is 17.4. The van der Waals surface area contributed by atoms with Crippen molar-refractivity contribution in [1.29, 1.82) is 0 Å². The molecule has 29 heavy (non-hydrogen) atoms. The minimum absolute atomic E-state index is 0.194. The lowest BCUT2D eigenvalue weighted by Crippen LogP contribution is -2.37. The summed E-state index contributed by atoms with van der Waals surface area (Å²) in [6, 6.07) is 13.8. The number of esters is 1. The molecule has 2 aromatic rings. The van der Waals surface area contributed by atoms with E-state index in [0.29, 0.717) is 29.8 Å². The molecular formula is C22H21BrN2O4. The first-order chi connectivity index (χ1) is 14.0. The predicted molar refractivity (Wildman–Crippen MR) is 115 cm³/mol. The summed E-state index contributed by atoms with van der Waals surface area (Å²) < 4.78 is 5.63. The average Bonchev–Trinajstić information content (AvgIpc) is 2.75. The minimum Gasteiger partial charge on any atom is -0.465 e. The molecule has 0 aliphatic heterocycles. The monoisotopic (exact) mass is 456 g/mol. The van der Waals surface area contributed by atoms with Gasteiger partial charge in [0.2, 0.25) is 11.8 Å². The zero-order valence-electron chi connectivity index (χ0n) is 15.9. The lowest BCUT2D eigenvalue weighted by atomic mass is 9.81. The van der Waals surface area contributed by atoms with Crippen LogP contribution in [0, 0.1) is 11.8 Å². The number of rotatable bonds is 5. The second-order valence-electron chi connectivity index (χ2n) is 6.71. The predicted octanol–water partition coefficient (Wildman–Crippen LogP) is 4.40. The van der Waals surface area contributed by atoms with Crippen molar-refractivity contribution in [2.75, 3.05) is 17.7 Å². The number of allylic oxidation sites excluding steroid dienone is 2. The first kappa shape index (κ1) is 20.8. The van der Waals surface area contributed by atoms with Gasteiger partial charge in [-0.3, -0.25) is 9.59 Å². The third-order valence-corrected chi connectivity index (χ3v) is 5.30. The van der Waals surface area contributed by atoms with Gasteiger partial charge >= 0.3 is 5.97 Å². The van der Waals surface area contributed by atoms with Crippen molar-refractivity contribution < 1.29 is 19.1 Å². The number of methoxy groups -OCH3 is 1. The molecule has 0 heterocycles. The van der Waals surface area contributed by atoms with Crippen molar-refractivity contribution in [3.8, 4) is 0 Å². The van der Waals surface area contributed by atoms with Gasteiger partial charge < -0.3 is 15.4 Å². The summed E-state index contributed by atoms with van der Waals surface area (Å²) in [5.41, 5.74) is 1.51. The zero-order chi connectivity index (χ0) is 20.8. The third kappa shape index (κ3) is 5.32. The molecule has 2 aromatic carbocycles. The number of anilines is 2. The highest BCUT2D eigenvalue weighted by atomic mass is 79.9. The van der Waals surface area contributed by atoms with Gasteiger partial charge in [0.15, 0.2) is 0 Å². The Kier molecular flexibility index (Phi) is 6.82.